The topological polar surface area (TPSA) is 52.7 Å². The highest BCUT2D eigenvalue weighted by molar-refractivity contribution is 7.99. The first-order valence-corrected chi connectivity index (χ1v) is 10.2. The fourth-order valence-electron chi connectivity index (χ4n) is 3.60. The third-order valence-corrected chi connectivity index (χ3v) is 6.19. The molecule has 2 aliphatic rings. The van der Waals surface area contributed by atoms with E-state index in [0.717, 1.165) is 32.5 Å². The van der Waals surface area contributed by atoms with E-state index in [0.29, 0.717) is 23.1 Å². The molecule has 2 amide bonds. The Morgan fingerprint density at radius 3 is 2.60 bits per heavy atom. The normalized spacial score (nSPS) is 21.6. The SMILES string of the molecule is CNCCC1CCN(C(=O)C2CSCN2C(=O)c2ccccc2)CC1. The molecule has 0 bridgehead atoms. The Hall–Kier alpha value is -1.53. The molecule has 0 spiro atoms. The van der Waals surface area contributed by atoms with Crippen molar-refractivity contribution in [2.75, 3.05) is 38.3 Å². The van der Waals surface area contributed by atoms with Crippen molar-refractivity contribution in [3.05, 3.63) is 35.9 Å². The van der Waals surface area contributed by atoms with Gasteiger partial charge < -0.3 is 15.1 Å². The third-order valence-electron chi connectivity index (χ3n) is 5.18. The molecule has 1 aromatic carbocycles. The van der Waals surface area contributed by atoms with Gasteiger partial charge in [0.05, 0.1) is 5.88 Å². The minimum absolute atomic E-state index is 0.0344. The van der Waals surface area contributed by atoms with Crippen molar-refractivity contribution in [3.8, 4) is 0 Å². The fraction of sp³-hybridized carbons (Fsp3) is 0.579. The van der Waals surface area contributed by atoms with Gasteiger partial charge in [-0.1, -0.05) is 18.2 Å². The second-order valence-corrected chi connectivity index (χ2v) is 7.82. The number of carbonyl (C=O) groups excluding carboxylic acids is 2. The van der Waals surface area contributed by atoms with Crippen LogP contribution in [0, 0.1) is 5.92 Å². The van der Waals surface area contributed by atoms with Crippen LogP contribution in [0.2, 0.25) is 0 Å². The fourth-order valence-corrected chi connectivity index (χ4v) is 4.74. The Kier molecular flexibility index (Phi) is 6.37. The standard InChI is InChI=1S/C19H27N3O2S/c1-20-10-7-15-8-11-21(12-9-15)19(24)17-13-25-14-22(17)18(23)16-5-3-2-4-6-16/h2-6,15,17,20H,7-14H2,1H3. The molecule has 0 aliphatic carbocycles. The van der Waals surface area contributed by atoms with Gasteiger partial charge in [0.15, 0.2) is 0 Å². The summed E-state index contributed by atoms with van der Waals surface area (Å²) in [5, 5.41) is 3.20. The number of carbonyl (C=O) groups is 2. The maximum atomic E-state index is 13.0. The van der Waals surface area contributed by atoms with Crippen molar-refractivity contribution in [1.29, 1.82) is 0 Å². The average Bonchev–Trinajstić information content (AvgIpc) is 3.16. The summed E-state index contributed by atoms with van der Waals surface area (Å²) in [5.41, 5.74) is 0.661. The smallest absolute Gasteiger partial charge is 0.255 e. The number of thioether (sulfide) groups is 1. The molecule has 5 nitrogen and oxygen atoms in total. The zero-order valence-electron chi connectivity index (χ0n) is 14.8. The average molecular weight is 362 g/mol. The number of piperidine rings is 1. The van der Waals surface area contributed by atoms with Crippen LogP contribution >= 0.6 is 11.8 Å². The van der Waals surface area contributed by atoms with Crippen molar-refractivity contribution in [2.24, 2.45) is 5.92 Å². The molecule has 2 fully saturated rings. The van der Waals surface area contributed by atoms with Gasteiger partial charge in [0.1, 0.15) is 6.04 Å². The molecule has 2 saturated heterocycles. The van der Waals surface area contributed by atoms with Gasteiger partial charge in [-0.3, -0.25) is 9.59 Å². The Bertz CT molecular complexity index is 588. The quantitative estimate of drug-likeness (QED) is 0.872. The summed E-state index contributed by atoms with van der Waals surface area (Å²) < 4.78 is 0. The van der Waals surface area contributed by atoms with E-state index in [2.05, 4.69) is 5.32 Å². The van der Waals surface area contributed by atoms with Crippen LogP contribution in [0.4, 0.5) is 0 Å². The molecule has 1 atom stereocenters. The second kappa shape index (κ2) is 8.72. The molecule has 1 aromatic rings. The maximum Gasteiger partial charge on any atom is 0.255 e. The molecule has 25 heavy (non-hydrogen) atoms. The molecular weight excluding hydrogens is 334 g/mol. The highest BCUT2D eigenvalue weighted by atomic mass is 32.2. The van der Waals surface area contributed by atoms with Crippen LogP contribution in [-0.2, 0) is 4.79 Å². The molecule has 6 heteroatoms. The van der Waals surface area contributed by atoms with E-state index < -0.39 is 0 Å². The Morgan fingerprint density at radius 1 is 1.20 bits per heavy atom. The van der Waals surface area contributed by atoms with Gasteiger partial charge in [-0.15, -0.1) is 11.8 Å². The van der Waals surface area contributed by atoms with E-state index in [1.807, 2.05) is 42.3 Å². The Balaban J connectivity index is 1.59. The zero-order valence-corrected chi connectivity index (χ0v) is 15.6. The molecule has 3 rings (SSSR count). The van der Waals surface area contributed by atoms with E-state index >= 15 is 0 Å². The van der Waals surface area contributed by atoms with Crippen LogP contribution in [0.1, 0.15) is 29.6 Å². The number of rotatable bonds is 5. The van der Waals surface area contributed by atoms with Crippen molar-refractivity contribution >= 4 is 23.6 Å². The van der Waals surface area contributed by atoms with Crippen LogP contribution in [-0.4, -0.2) is 66.0 Å². The number of nitrogens with zero attached hydrogens (tertiary/aromatic N) is 2. The van der Waals surface area contributed by atoms with Crippen molar-refractivity contribution < 1.29 is 9.59 Å². The van der Waals surface area contributed by atoms with Gasteiger partial charge in [0, 0.05) is 24.4 Å². The highest BCUT2D eigenvalue weighted by Crippen LogP contribution is 2.27. The van der Waals surface area contributed by atoms with Crippen molar-refractivity contribution in [2.45, 2.75) is 25.3 Å². The molecule has 1 N–H and O–H groups in total. The monoisotopic (exact) mass is 361 g/mol. The highest BCUT2D eigenvalue weighted by Gasteiger charge is 2.38. The van der Waals surface area contributed by atoms with Crippen LogP contribution in [0.25, 0.3) is 0 Å². The van der Waals surface area contributed by atoms with E-state index in [1.165, 1.54) is 6.42 Å². The first kappa shape index (κ1) is 18.3. The number of benzene rings is 1. The molecular formula is C19H27N3O2S. The lowest BCUT2D eigenvalue weighted by Gasteiger charge is -2.35. The molecule has 136 valence electrons. The zero-order chi connectivity index (χ0) is 17.6. The van der Waals surface area contributed by atoms with Gasteiger partial charge in [0.2, 0.25) is 5.91 Å². The number of hydrogen-bond donors (Lipinski definition) is 1. The van der Waals surface area contributed by atoms with Crippen LogP contribution in [0.15, 0.2) is 30.3 Å². The molecule has 0 aromatic heterocycles. The minimum Gasteiger partial charge on any atom is -0.341 e. The van der Waals surface area contributed by atoms with E-state index in [-0.39, 0.29) is 17.9 Å². The van der Waals surface area contributed by atoms with Gasteiger partial charge in [-0.25, -0.2) is 0 Å². The number of nitrogens with one attached hydrogen (secondary N) is 1. The Morgan fingerprint density at radius 2 is 1.92 bits per heavy atom. The summed E-state index contributed by atoms with van der Waals surface area (Å²) in [6, 6.07) is 8.95. The number of likely N-dealkylation sites (tertiary alicyclic amines) is 1. The number of hydrogen-bond acceptors (Lipinski definition) is 4. The van der Waals surface area contributed by atoms with Crippen LogP contribution < -0.4 is 5.32 Å². The van der Waals surface area contributed by atoms with Gasteiger partial charge in [-0.05, 0) is 50.9 Å². The molecule has 2 heterocycles. The lowest BCUT2D eigenvalue weighted by atomic mass is 9.93. The largest absolute Gasteiger partial charge is 0.341 e. The summed E-state index contributed by atoms with van der Waals surface area (Å²) in [6.07, 6.45) is 3.32. The maximum absolute atomic E-state index is 13.0. The summed E-state index contributed by atoms with van der Waals surface area (Å²) in [6.45, 7) is 2.68. The lowest BCUT2D eigenvalue weighted by molar-refractivity contribution is -0.136. The van der Waals surface area contributed by atoms with Gasteiger partial charge >= 0.3 is 0 Å². The van der Waals surface area contributed by atoms with E-state index in [9.17, 15) is 9.59 Å². The summed E-state index contributed by atoms with van der Waals surface area (Å²) >= 11 is 1.67. The second-order valence-electron chi connectivity index (χ2n) is 6.82. The predicted molar refractivity (Wildman–Crippen MR) is 102 cm³/mol. The Labute approximate surface area is 154 Å². The van der Waals surface area contributed by atoms with Gasteiger partial charge in [-0.2, -0.15) is 0 Å². The van der Waals surface area contributed by atoms with Gasteiger partial charge in [0.25, 0.3) is 5.91 Å². The summed E-state index contributed by atoms with van der Waals surface area (Å²) in [4.78, 5) is 29.4. The minimum atomic E-state index is -0.313. The van der Waals surface area contributed by atoms with Crippen molar-refractivity contribution in [1.82, 2.24) is 15.1 Å². The predicted octanol–water partition coefficient (Wildman–Crippen LogP) is 2.05. The van der Waals surface area contributed by atoms with E-state index in [1.54, 1.807) is 16.7 Å². The number of amides is 2. The third kappa shape index (κ3) is 4.36. The molecule has 0 saturated carbocycles. The van der Waals surface area contributed by atoms with Crippen molar-refractivity contribution in [3.63, 3.8) is 0 Å². The van der Waals surface area contributed by atoms with E-state index in [4.69, 9.17) is 0 Å². The molecule has 2 aliphatic heterocycles. The summed E-state index contributed by atoms with van der Waals surface area (Å²) in [7, 11) is 1.98. The van der Waals surface area contributed by atoms with Crippen LogP contribution in [0.5, 0.6) is 0 Å². The summed E-state index contributed by atoms with van der Waals surface area (Å²) in [5.74, 6) is 2.10. The first-order valence-electron chi connectivity index (χ1n) is 9.08. The first-order chi connectivity index (χ1) is 12.2. The lowest BCUT2D eigenvalue weighted by Crippen LogP contribution is -2.51. The molecule has 1 unspecified atom stereocenters. The molecule has 0 radical (unpaired) electrons. The van der Waals surface area contributed by atoms with Crippen LogP contribution in [0.3, 0.4) is 0 Å².